The van der Waals surface area contributed by atoms with Crippen LogP contribution in [0.25, 0.3) is 16.9 Å². The lowest BCUT2D eigenvalue weighted by Gasteiger charge is -2.24. The summed E-state index contributed by atoms with van der Waals surface area (Å²) in [4.78, 5) is 28.6. The fourth-order valence-corrected chi connectivity index (χ4v) is 7.18. The number of hydrogen-bond acceptors (Lipinski definition) is 6. The summed E-state index contributed by atoms with van der Waals surface area (Å²) < 4.78 is 7.54. The Morgan fingerprint density at radius 1 is 1.13 bits per heavy atom. The van der Waals surface area contributed by atoms with E-state index >= 15 is 0 Å². The number of hydrogen-bond donors (Lipinski definition) is 1. The molecule has 0 bridgehead atoms. The van der Waals surface area contributed by atoms with Gasteiger partial charge in [0.05, 0.1) is 28.5 Å². The third-order valence-electron chi connectivity index (χ3n) is 7.18. The molecule has 0 unspecified atom stereocenters. The van der Waals surface area contributed by atoms with E-state index in [1.807, 2.05) is 66.2 Å². The van der Waals surface area contributed by atoms with Gasteiger partial charge >= 0.3 is 0 Å². The summed E-state index contributed by atoms with van der Waals surface area (Å²) in [6.07, 6.45) is 1.98. The maximum Gasteiger partial charge on any atom is 0.240 e. The predicted molar refractivity (Wildman–Crippen MR) is 157 cm³/mol. The Bertz CT molecular complexity index is 1460. The normalized spacial score (nSPS) is 19.1. The molecule has 2 aromatic carbocycles. The number of aryl methyl sites for hydroxylation is 1. The second-order valence-electron chi connectivity index (χ2n) is 9.82. The molecule has 6 rings (SSSR count). The lowest BCUT2D eigenvalue weighted by Crippen LogP contribution is -2.44. The Morgan fingerprint density at radius 3 is 2.69 bits per heavy atom. The van der Waals surface area contributed by atoms with Crippen LogP contribution in [0.4, 0.5) is 5.82 Å². The van der Waals surface area contributed by atoms with Gasteiger partial charge in [-0.2, -0.15) is 16.4 Å². The van der Waals surface area contributed by atoms with E-state index in [4.69, 9.17) is 9.84 Å². The molecule has 2 aliphatic rings. The van der Waals surface area contributed by atoms with Crippen LogP contribution in [0.1, 0.15) is 34.8 Å². The molecule has 1 fully saturated rings. The minimum Gasteiger partial charge on any atom is -0.376 e. The Labute approximate surface area is 236 Å². The maximum absolute atomic E-state index is 13.8. The summed E-state index contributed by atoms with van der Waals surface area (Å²) >= 11 is 3.23. The van der Waals surface area contributed by atoms with Gasteiger partial charge in [-0.15, -0.1) is 11.8 Å². The van der Waals surface area contributed by atoms with Crippen molar-refractivity contribution in [1.29, 1.82) is 0 Å². The highest BCUT2D eigenvalue weighted by Gasteiger charge is 2.38. The number of fused-ring (bicyclic) bond motifs is 1. The molecule has 4 heterocycles. The first-order chi connectivity index (χ1) is 19.1. The van der Waals surface area contributed by atoms with Crippen LogP contribution in [0.3, 0.4) is 0 Å². The fourth-order valence-electron chi connectivity index (χ4n) is 5.22. The standard InChI is InChI=1S/C30H30N4O3S2/c1-20-8-5-6-12-24(20)34-30-27(28(32-34)21-9-3-2-4-10-21)29(22-13-15-38-18-22)39-19-26(36)33(30)17-25(35)31-16-23-11-7-14-37-23/h2-6,8-10,12-13,15,18,23,29H,7,11,14,16-17,19H2,1H3,(H,31,35)/t23-,29+/m0/s1. The molecule has 4 aromatic rings. The van der Waals surface area contributed by atoms with Crippen LogP contribution in [-0.4, -0.2) is 53.1 Å². The van der Waals surface area contributed by atoms with Crippen LogP contribution in [-0.2, 0) is 14.3 Å². The molecular weight excluding hydrogens is 528 g/mol. The van der Waals surface area contributed by atoms with Gasteiger partial charge in [-0.3, -0.25) is 14.5 Å². The number of rotatable bonds is 7. The van der Waals surface area contributed by atoms with Crippen molar-refractivity contribution in [2.75, 3.05) is 30.3 Å². The maximum atomic E-state index is 13.8. The van der Waals surface area contributed by atoms with Crippen LogP contribution < -0.4 is 10.2 Å². The minimum absolute atomic E-state index is 0.0325. The number of thiophene rings is 1. The van der Waals surface area contributed by atoms with Crippen LogP contribution >= 0.6 is 23.1 Å². The Balaban J connectivity index is 1.51. The first kappa shape index (κ1) is 25.9. The average molecular weight is 559 g/mol. The van der Waals surface area contributed by atoms with Gasteiger partial charge in [-0.25, -0.2) is 4.68 Å². The first-order valence-electron chi connectivity index (χ1n) is 13.2. The van der Waals surface area contributed by atoms with E-state index in [1.54, 1.807) is 28.0 Å². The van der Waals surface area contributed by atoms with Gasteiger partial charge in [0.25, 0.3) is 0 Å². The van der Waals surface area contributed by atoms with E-state index < -0.39 is 0 Å². The van der Waals surface area contributed by atoms with Gasteiger partial charge in [-0.05, 0) is 53.8 Å². The van der Waals surface area contributed by atoms with Crippen molar-refractivity contribution >= 4 is 40.7 Å². The summed E-state index contributed by atoms with van der Waals surface area (Å²) in [5.41, 5.74) is 5.78. The van der Waals surface area contributed by atoms with Gasteiger partial charge in [0, 0.05) is 24.3 Å². The van der Waals surface area contributed by atoms with Crippen LogP contribution in [0.2, 0.25) is 0 Å². The third-order valence-corrected chi connectivity index (χ3v) is 9.13. The van der Waals surface area contributed by atoms with Crippen molar-refractivity contribution < 1.29 is 14.3 Å². The number of anilines is 1. The van der Waals surface area contributed by atoms with Crippen LogP contribution in [0, 0.1) is 6.92 Å². The average Bonchev–Trinajstić information content (AvgIpc) is 3.73. The number of aromatic nitrogens is 2. The SMILES string of the molecule is Cc1ccccc1-n1nc(-c2ccccc2)c2c1N(CC(=O)NC[C@@H]1CCCO1)C(=O)CS[C@@H]2c1ccsc1. The van der Waals surface area contributed by atoms with Gasteiger partial charge in [-0.1, -0.05) is 48.5 Å². The highest BCUT2D eigenvalue weighted by Crippen LogP contribution is 2.49. The van der Waals surface area contributed by atoms with Crippen LogP contribution in [0.5, 0.6) is 0 Å². The molecule has 0 saturated carbocycles. The molecular formula is C30H30N4O3S2. The largest absolute Gasteiger partial charge is 0.376 e. The summed E-state index contributed by atoms with van der Waals surface area (Å²) in [5.74, 6) is 0.598. The van der Waals surface area contributed by atoms with E-state index in [9.17, 15) is 9.59 Å². The van der Waals surface area contributed by atoms with Crippen LogP contribution in [0.15, 0.2) is 71.4 Å². The number of para-hydroxylation sites is 1. The lowest BCUT2D eigenvalue weighted by atomic mass is 10.0. The zero-order valence-electron chi connectivity index (χ0n) is 21.7. The fraction of sp³-hybridized carbons (Fsp3) is 0.300. The Kier molecular flexibility index (Phi) is 7.54. The molecule has 0 radical (unpaired) electrons. The van der Waals surface area contributed by atoms with Crippen molar-refractivity contribution in [2.45, 2.75) is 31.1 Å². The zero-order valence-corrected chi connectivity index (χ0v) is 23.3. The molecule has 9 heteroatoms. The number of amides is 2. The van der Waals surface area contributed by atoms with Gasteiger partial charge in [0.1, 0.15) is 12.4 Å². The molecule has 0 aliphatic carbocycles. The third kappa shape index (κ3) is 5.26. The molecule has 2 amide bonds. The number of carbonyl (C=O) groups excluding carboxylic acids is 2. The predicted octanol–water partition coefficient (Wildman–Crippen LogP) is 5.37. The van der Waals surface area contributed by atoms with E-state index in [2.05, 4.69) is 22.1 Å². The number of benzene rings is 2. The Hall–Kier alpha value is -3.40. The Morgan fingerprint density at radius 2 is 1.95 bits per heavy atom. The molecule has 200 valence electrons. The van der Waals surface area contributed by atoms with Gasteiger partial charge in [0.15, 0.2) is 0 Å². The monoisotopic (exact) mass is 558 g/mol. The second-order valence-corrected chi connectivity index (χ2v) is 11.7. The number of ether oxygens (including phenoxy) is 1. The smallest absolute Gasteiger partial charge is 0.240 e. The van der Waals surface area contributed by atoms with Gasteiger partial charge < -0.3 is 10.1 Å². The van der Waals surface area contributed by atoms with Crippen molar-refractivity contribution in [1.82, 2.24) is 15.1 Å². The molecule has 1 N–H and O–H groups in total. The number of nitrogens with zero attached hydrogens (tertiary/aromatic N) is 3. The molecule has 0 spiro atoms. The number of thioether (sulfide) groups is 1. The molecule has 2 aromatic heterocycles. The number of carbonyl (C=O) groups is 2. The van der Waals surface area contributed by atoms with E-state index in [-0.39, 0.29) is 35.5 Å². The zero-order chi connectivity index (χ0) is 26.8. The molecule has 39 heavy (non-hydrogen) atoms. The molecule has 2 atom stereocenters. The summed E-state index contributed by atoms with van der Waals surface area (Å²) in [7, 11) is 0. The van der Waals surface area contributed by atoms with Gasteiger partial charge in [0.2, 0.25) is 11.8 Å². The van der Waals surface area contributed by atoms with Crippen molar-refractivity contribution in [3.05, 3.63) is 88.1 Å². The highest BCUT2D eigenvalue weighted by atomic mass is 32.2. The summed E-state index contributed by atoms with van der Waals surface area (Å²) in [6.45, 7) is 3.13. The summed E-state index contributed by atoms with van der Waals surface area (Å²) in [5, 5.41) is 12.2. The lowest BCUT2D eigenvalue weighted by molar-refractivity contribution is -0.123. The minimum atomic E-state index is -0.206. The first-order valence-corrected chi connectivity index (χ1v) is 15.2. The highest BCUT2D eigenvalue weighted by molar-refractivity contribution is 8.00. The molecule has 2 aliphatic heterocycles. The van der Waals surface area contributed by atoms with Crippen molar-refractivity contribution in [3.8, 4) is 16.9 Å². The van der Waals surface area contributed by atoms with E-state index in [0.717, 1.165) is 53.1 Å². The number of nitrogens with one attached hydrogen (secondary N) is 1. The molecule has 1 saturated heterocycles. The van der Waals surface area contributed by atoms with Crippen molar-refractivity contribution in [3.63, 3.8) is 0 Å². The molecule has 7 nitrogen and oxygen atoms in total. The van der Waals surface area contributed by atoms with E-state index in [0.29, 0.717) is 12.4 Å². The van der Waals surface area contributed by atoms with Crippen molar-refractivity contribution in [2.24, 2.45) is 0 Å². The van der Waals surface area contributed by atoms with E-state index in [1.165, 1.54) is 0 Å². The topological polar surface area (TPSA) is 76.5 Å². The second kappa shape index (κ2) is 11.4. The quantitative estimate of drug-likeness (QED) is 0.330. The summed E-state index contributed by atoms with van der Waals surface area (Å²) in [6, 6.07) is 20.2.